The molecule has 1 aromatic carbocycles. The van der Waals surface area contributed by atoms with Crippen molar-refractivity contribution in [2.24, 2.45) is 23.2 Å². The fourth-order valence-corrected chi connectivity index (χ4v) is 7.41. The lowest BCUT2D eigenvalue weighted by Gasteiger charge is -2.59. The number of hydrogen-bond acceptors (Lipinski definition) is 3. The van der Waals surface area contributed by atoms with Crippen LogP contribution in [0.25, 0.3) is 5.69 Å². The largest absolute Gasteiger partial charge is 0.452 e. The Balaban J connectivity index is 1.20. The zero-order chi connectivity index (χ0) is 23.3. The standard InChI is InChI=1S/C28H36N2O3/c1-17-5-7-24(8-6-17)30-18(2)9-25(19(30)3)27(32)33-16-26(31)29-20(4)28-13-21-10-22(14-28)12-23(11-21)15-28/h5-9,20-23H,10-16H2,1-4H3,(H,29,31). The van der Waals surface area contributed by atoms with Crippen molar-refractivity contribution in [2.45, 2.75) is 72.3 Å². The van der Waals surface area contributed by atoms with Gasteiger partial charge in [-0.2, -0.15) is 0 Å². The van der Waals surface area contributed by atoms with Gasteiger partial charge in [0.15, 0.2) is 6.61 Å². The normalized spacial score (nSPS) is 28.5. The second kappa shape index (κ2) is 8.34. The monoisotopic (exact) mass is 448 g/mol. The van der Waals surface area contributed by atoms with E-state index < -0.39 is 5.97 Å². The van der Waals surface area contributed by atoms with Gasteiger partial charge < -0.3 is 14.6 Å². The van der Waals surface area contributed by atoms with E-state index in [9.17, 15) is 9.59 Å². The number of nitrogens with one attached hydrogen (secondary N) is 1. The lowest BCUT2D eigenvalue weighted by molar-refractivity contribution is -0.128. The third-order valence-corrected chi connectivity index (χ3v) is 8.66. The van der Waals surface area contributed by atoms with Gasteiger partial charge in [0, 0.05) is 23.1 Å². The molecule has 1 heterocycles. The molecule has 1 unspecified atom stereocenters. The predicted molar refractivity (Wildman–Crippen MR) is 128 cm³/mol. The van der Waals surface area contributed by atoms with E-state index in [1.54, 1.807) is 0 Å². The number of aryl methyl sites for hydroxylation is 2. The van der Waals surface area contributed by atoms with Crippen LogP contribution in [0.15, 0.2) is 30.3 Å². The maximum absolute atomic E-state index is 12.8. The molecule has 1 aromatic heterocycles. The Kier molecular flexibility index (Phi) is 5.62. The minimum Gasteiger partial charge on any atom is -0.452 e. The lowest BCUT2D eigenvalue weighted by atomic mass is 9.48. The van der Waals surface area contributed by atoms with Crippen molar-refractivity contribution in [1.82, 2.24) is 9.88 Å². The van der Waals surface area contributed by atoms with Crippen molar-refractivity contribution in [2.75, 3.05) is 6.61 Å². The van der Waals surface area contributed by atoms with Crippen LogP contribution in [0.3, 0.4) is 0 Å². The molecule has 4 aliphatic rings. The highest BCUT2D eigenvalue weighted by Gasteiger charge is 2.53. The van der Waals surface area contributed by atoms with E-state index in [1.807, 2.05) is 36.6 Å². The molecule has 1 atom stereocenters. The van der Waals surface area contributed by atoms with E-state index in [0.29, 0.717) is 5.56 Å². The molecule has 176 valence electrons. The van der Waals surface area contributed by atoms with Gasteiger partial charge in [0.1, 0.15) is 0 Å². The molecule has 0 aliphatic heterocycles. The number of ether oxygens (including phenoxy) is 1. The van der Waals surface area contributed by atoms with E-state index >= 15 is 0 Å². The summed E-state index contributed by atoms with van der Waals surface area (Å²) < 4.78 is 7.50. The van der Waals surface area contributed by atoms with Gasteiger partial charge in [0.2, 0.25) is 0 Å². The van der Waals surface area contributed by atoms with Crippen LogP contribution in [0.2, 0.25) is 0 Å². The van der Waals surface area contributed by atoms with E-state index in [1.165, 1.54) is 44.1 Å². The van der Waals surface area contributed by atoms with Crippen molar-refractivity contribution in [1.29, 1.82) is 0 Å². The number of nitrogens with zero attached hydrogens (tertiary/aromatic N) is 1. The Bertz CT molecular complexity index is 1030. The zero-order valence-corrected chi connectivity index (χ0v) is 20.3. The van der Waals surface area contributed by atoms with E-state index in [-0.39, 0.29) is 24.0 Å². The quantitative estimate of drug-likeness (QED) is 0.612. The van der Waals surface area contributed by atoms with Crippen LogP contribution in [0.5, 0.6) is 0 Å². The Morgan fingerprint density at radius 2 is 1.61 bits per heavy atom. The number of benzene rings is 1. The maximum atomic E-state index is 12.8. The molecule has 4 saturated carbocycles. The molecule has 2 aromatic rings. The van der Waals surface area contributed by atoms with Gasteiger partial charge in [-0.05, 0) is 108 Å². The highest BCUT2D eigenvalue weighted by molar-refractivity contribution is 5.93. The second-order valence-electron chi connectivity index (χ2n) is 11.1. The molecule has 33 heavy (non-hydrogen) atoms. The molecule has 4 bridgehead atoms. The van der Waals surface area contributed by atoms with Gasteiger partial charge in [-0.25, -0.2) is 4.79 Å². The van der Waals surface area contributed by atoms with Crippen LogP contribution in [0.1, 0.15) is 72.8 Å². The van der Waals surface area contributed by atoms with Crippen molar-refractivity contribution < 1.29 is 14.3 Å². The predicted octanol–water partition coefficient (Wildman–Crippen LogP) is 5.28. The summed E-state index contributed by atoms with van der Waals surface area (Å²) >= 11 is 0. The molecule has 1 amide bonds. The van der Waals surface area contributed by atoms with E-state index in [4.69, 9.17) is 4.74 Å². The van der Waals surface area contributed by atoms with Crippen LogP contribution >= 0.6 is 0 Å². The van der Waals surface area contributed by atoms with Crippen LogP contribution in [-0.2, 0) is 9.53 Å². The molecule has 6 rings (SSSR count). The van der Waals surface area contributed by atoms with Gasteiger partial charge in [-0.3, -0.25) is 4.79 Å². The van der Waals surface area contributed by atoms with Gasteiger partial charge in [-0.1, -0.05) is 17.7 Å². The molecule has 0 saturated heterocycles. The van der Waals surface area contributed by atoms with Crippen molar-refractivity contribution in [3.8, 4) is 5.69 Å². The number of hydrogen-bond donors (Lipinski definition) is 1. The molecule has 0 radical (unpaired) electrons. The Morgan fingerprint density at radius 3 is 2.18 bits per heavy atom. The summed E-state index contributed by atoms with van der Waals surface area (Å²) in [6.07, 6.45) is 7.89. The minimum atomic E-state index is -0.445. The van der Waals surface area contributed by atoms with Crippen molar-refractivity contribution in [3.05, 3.63) is 52.8 Å². The average molecular weight is 449 g/mol. The molecule has 5 nitrogen and oxygen atoms in total. The minimum absolute atomic E-state index is 0.128. The highest BCUT2D eigenvalue weighted by Crippen LogP contribution is 2.61. The van der Waals surface area contributed by atoms with E-state index in [2.05, 4.69) is 31.3 Å². The third kappa shape index (κ3) is 4.11. The maximum Gasteiger partial charge on any atom is 0.340 e. The summed E-state index contributed by atoms with van der Waals surface area (Å²) in [5, 5.41) is 3.18. The summed E-state index contributed by atoms with van der Waals surface area (Å²) in [5.74, 6) is 1.89. The highest BCUT2D eigenvalue weighted by atomic mass is 16.5. The molecular formula is C28H36N2O3. The van der Waals surface area contributed by atoms with Gasteiger partial charge >= 0.3 is 5.97 Å². The van der Waals surface area contributed by atoms with Crippen LogP contribution in [-0.4, -0.2) is 29.1 Å². The number of aromatic nitrogens is 1. The topological polar surface area (TPSA) is 60.3 Å². The average Bonchev–Trinajstić information content (AvgIpc) is 3.06. The second-order valence-corrected chi connectivity index (χ2v) is 11.1. The number of esters is 1. The molecule has 0 spiro atoms. The molecule has 5 heteroatoms. The van der Waals surface area contributed by atoms with Gasteiger partial charge in [0.05, 0.1) is 5.56 Å². The Morgan fingerprint density at radius 1 is 1.03 bits per heavy atom. The molecule has 4 fully saturated rings. The smallest absolute Gasteiger partial charge is 0.340 e. The Labute approximate surface area is 196 Å². The number of amides is 1. The third-order valence-electron chi connectivity index (χ3n) is 8.66. The summed E-state index contributed by atoms with van der Waals surface area (Å²) in [6.45, 7) is 7.87. The van der Waals surface area contributed by atoms with Gasteiger partial charge in [-0.15, -0.1) is 0 Å². The summed E-state index contributed by atoms with van der Waals surface area (Å²) in [4.78, 5) is 25.5. The van der Waals surface area contributed by atoms with E-state index in [0.717, 1.165) is 34.8 Å². The summed E-state index contributed by atoms with van der Waals surface area (Å²) in [5.41, 5.74) is 4.74. The van der Waals surface area contributed by atoms with Crippen LogP contribution < -0.4 is 5.32 Å². The number of carbonyl (C=O) groups is 2. The SMILES string of the molecule is Cc1ccc(-n2c(C)cc(C(=O)OCC(=O)NC(C)C34CC5CC(CC(C5)C3)C4)c2C)cc1. The fourth-order valence-electron chi connectivity index (χ4n) is 7.41. The first-order valence-electron chi connectivity index (χ1n) is 12.5. The molecule has 4 aliphatic carbocycles. The van der Waals surface area contributed by atoms with Crippen LogP contribution in [0, 0.1) is 43.9 Å². The fraction of sp³-hybridized carbons (Fsp3) is 0.571. The first-order chi connectivity index (χ1) is 15.7. The first kappa shape index (κ1) is 22.2. The lowest BCUT2D eigenvalue weighted by Crippen LogP contribution is -2.56. The van der Waals surface area contributed by atoms with Crippen molar-refractivity contribution in [3.63, 3.8) is 0 Å². The molecule has 1 N–H and O–H groups in total. The summed E-state index contributed by atoms with van der Waals surface area (Å²) in [6, 6.07) is 10.2. The molecular weight excluding hydrogens is 412 g/mol. The zero-order valence-electron chi connectivity index (χ0n) is 20.3. The number of rotatable bonds is 6. The van der Waals surface area contributed by atoms with Crippen molar-refractivity contribution >= 4 is 11.9 Å². The first-order valence-corrected chi connectivity index (χ1v) is 12.5. The van der Waals surface area contributed by atoms with Crippen LogP contribution in [0.4, 0.5) is 0 Å². The number of carbonyl (C=O) groups excluding carboxylic acids is 2. The van der Waals surface area contributed by atoms with Gasteiger partial charge in [0.25, 0.3) is 5.91 Å². The Hall–Kier alpha value is -2.56. The summed E-state index contributed by atoms with van der Waals surface area (Å²) in [7, 11) is 0.